The molecule has 19 heteroatoms. The summed E-state index contributed by atoms with van der Waals surface area (Å²) in [5, 5.41) is 104. The van der Waals surface area contributed by atoms with Crippen molar-refractivity contribution in [3.8, 4) is 5.75 Å². The van der Waals surface area contributed by atoms with Gasteiger partial charge < -0.3 is 84.5 Å². The molecule has 15 atom stereocenters. The molecule has 5 rings (SSSR count). The number of aromatic nitrogens is 1. The summed E-state index contributed by atoms with van der Waals surface area (Å²) in [5.74, 6) is 0.175. The van der Waals surface area contributed by atoms with Crippen molar-refractivity contribution in [3.05, 3.63) is 27.8 Å². The Kier molecular flexibility index (Phi) is 11.3. The van der Waals surface area contributed by atoms with Crippen molar-refractivity contribution in [3.63, 3.8) is 0 Å². The Balaban J connectivity index is 1.27. The molecule has 3 aliphatic heterocycles. The van der Waals surface area contributed by atoms with Crippen molar-refractivity contribution in [1.29, 1.82) is 0 Å². The molecule has 1 aromatic heterocycles. The molecule has 0 aliphatic carbocycles. The van der Waals surface area contributed by atoms with E-state index in [4.69, 9.17) is 40.0 Å². The fourth-order valence-corrected chi connectivity index (χ4v) is 6.07. The first kappa shape index (κ1) is 35.0. The van der Waals surface area contributed by atoms with Gasteiger partial charge in [0, 0.05) is 10.7 Å². The molecule has 0 amide bonds. The Morgan fingerprint density at radius 3 is 1.71 bits per heavy atom. The number of ether oxygens (including phenoxy) is 6. The van der Waals surface area contributed by atoms with E-state index in [1.807, 2.05) is 0 Å². The van der Waals surface area contributed by atoms with Crippen molar-refractivity contribution in [2.45, 2.75) is 92.1 Å². The SMILES string of the molecule is OC[C@@H]1O[C@H](O[C@H]2[C@@H](O)[C@@H](O)[C@H](O[C@H]3[C@@H](O)[C@@H](O)[C@@H](Oc4c[nH]c5ccc(Br)c(Cl)c45)O[C@H]3CO)O[C@H]2CO)[C@@H](O)[C@H](O)[C@H]1O. The largest absolute Gasteiger partial charge is 0.460 e. The highest BCUT2D eigenvalue weighted by Crippen LogP contribution is 2.39. The number of halogens is 2. The molecular formula is C26H35BrClNO16. The van der Waals surface area contributed by atoms with E-state index in [0.717, 1.165) is 0 Å². The van der Waals surface area contributed by atoms with Crippen LogP contribution in [0.25, 0.3) is 10.9 Å². The van der Waals surface area contributed by atoms with E-state index >= 15 is 0 Å². The number of rotatable bonds is 9. The Hall–Kier alpha value is -1.27. The minimum absolute atomic E-state index is 0.175. The summed E-state index contributed by atoms with van der Waals surface area (Å²) in [7, 11) is 0. The number of H-pyrrole nitrogens is 1. The minimum Gasteiger partial charge on any atom is -0.460 e. The van der Waals surface area contributed by atoms with Gasteiger partial charge in [-0.1, -0.05) is 11.6 Å². The van der Waals surface area contributed by atoms with Crippen LogP contribution in [0, 0.1) is 0 Å². The predicted octanol–water partition coefficient (Wildman–Crippen LogP) is -3.59. The average molecular weight is 733 g/mol. The second-order valence-electron chi connectivity index (χ2n) is 10.9. The molecule has 3 fully saturated rings. The Morgan fingerprint density at radius 1 is 0.667 bits per heavy atom. The van der Waals surface area contributed by atoms with Crippen LogP contribution in [0.4, 0.5) is 0 Å². The first-order valence-corrected chi connectivity index (χ1v) is 15.1. The van der Waals surface area contributed by atoms with Crippen molar-refractivity contribution >= 4 is 38.4 Å². The molecule has 2 aromatic rings. The number of aliphatic hydroxyl groups is 10. The van der Waals surface area contributed by atoms with E-state index in [2.05, 4.69) is 20.9 Å². The number of benzene rings is 1. The molecule has 0 saturated carbocycles. The maximum atomic E-state index is 11.0. The van der Waals surface area contributed by atoms with Gasteiger partial charge in [-0.3, -0.25) is 0 Å². The van der Waals surface area contributed by atoms with E-state index in [1.54, 1.807) is 12.1 Å². The Morgan fingerprint density at radius 2 is 1.16 bits per heavy atom. The van der Waals surface area contributed by atoms with E-state index in [0.29, 0.717) is 20.4 Å². The lowest BCUT2D eigenvalue weighted by atomic mass is 9.96. The van der Waals surface area contributed by atoms with E-state index in [1.165, 1.54) is 6.20 Å². The molecule has 4 heterocycles. The first-order chi connectivity index (χ1) is 21.4. The molecule has 0 unspecified atom stereocenters. The number of fused-ring (bicyclic) bond motifs is 1. The van der Waals surface area contributed by atoms with E-state index in [9.17, 15) is 51.1 Å². The lowest BCUT2D eigenvalue weighted by Crippen LogP contribution is -2.66. The highest BCUT2D eigenvalue weighted by molar-refractivity contribution is 9.10. The summed E-state index contributed by atoms with van der Waals surface area (Å²) in [4.78, 5) is 2.96. The van der Waals surface area contributed by atoms with Crippen LogP contribution in [-0.2, 0) is 23.7 Å². The van der Waals surface area contributed by atoms with Gasteiger partial charge in [-0.15, -0.1) is 0 Å². The maximum Gasteiger partial charge on any atom is 0.229 e. The third-order valence-corrected chi connectivity index (χ3v) is 9.30. The standard InChI is InChI=1S/C26H35BrClNO16/c27-7-1-2-8-13(14(7)28)9(3-29-8)40-24-20(38)17(35)22(11(5-31)42-24)45-26-21(39)18(36)23(12(6-32)43-26)44-25-19(37)16(34)15(33)10(4-30)41-25/h1-3,10-12,15-26,29-39H,4-6H2/t10-,11-,12-,15-,16+,17-,18-,19-,20+,21+,22+,23+,24-,25+,26-/m0/s1. The predicted molar refractivity (Wildman–Crippen MR) is 151 cm³/mol. The lowest BCUT2D eigenvalue weighted by molar-refractivity contribution is -0.376. The second-order valence-corrected chi connectivity index (χ2v) is 12.1. The number of hydrogen-bond acceptors (Lipinski definition) is 16. The quantitative estimate of drug-likeness (QED) is 0.119. The summed E-state index contributed by atoms with van der Waals surface area (Å²) < 4.78 is 34.1. The van der Waals surface area contributed by atoms with Gasteiger partial charge in [0.05, 0.1) is 35.7 Å². The van der Waals surface area contributed by atoms with Crippen LogP contribution in [0.1, 0.15) is 0 Å². The van der Waals surface area contributed by atoms with Gasteiger partial charge in [0.2, 0.25) is 6.29 Å². The van der Waals surface area contributed by atoms with Gasteiger partial charge in [0.1, 0.15) is 79.0 Å². The Labute approximate surface area is 268 Å². The van der Waals surface area contributed by atoms with Crippen molar-refractivity contribution in [2.75, 3.05) is 19.8 Å². The second kappa shape index (κ2) is 14.5. The van der Waals surface area contributed by atoms with Crippen LogP contribution in [0.2, 0.25) is 5.02 Å². The van der Waals surface area contributed by atoms with Crippen molar-refractivity contribution in [2.24, 2.45) is 0 Å². The minimum atomic E-state index is -1.94. The number of aliphatic hydroxyl groups excluding tert-OH is 10. The summed E-state index contributed by atoms with van der Waals surface area (Å²) in [6.45, 7) is -2.34. The van der Waals surface area contributed by atoms with Crippen LogP contribution in [0.15, 0.2) is 22.8 Å². The molecule has 11 N–H and O–H groups in total. The van der Waals surface area contributed by atoms with Gasteiger partial charge >= 0.3 is 0 Å². The average Bonchev–Trinajstić information content (AvgIpc) is 3.45. The molecule has 254 valence electrons. The molecule has 3 aliphatic rings. The normalized spacial score (nSPS) is 42.6. The molecule has 3 saturated heterocycles. The fraction of sp³-hybridized carbons (Fsp3) is 0.692. The monoisotopic (exact) mass is 731 g/mol. The third-order valence-electron chi connectivity index (χ3n) is 8.02. The van der Waals surface area contributed by atoms with Crippen LogP contribution in [0.3, 0.4) is 0 Å². The molecule has 1 aromatic carbocycles. The topological polar surface area (TPSA) is 273 Å². The lowest BCUT2D eigenvalue weighted by Gasteiger charge is -2.48. The van der Waals surface area contributed by atoms with Crippen LogP contribution in [0.5, 0.6) is 5.75 Å². The maximum absolute atomic E-state index is 11.0. The van der Waals surface area contributed by atoms with Crippen LogP contribution in [-0.4, -0.2) is 168 Å². The zero-order valence-corrected chi connectivity index (χ0v) is 25.5. The smallest absolute Gasteiger partial charge is 0.229 e. The molecule has 0 spiro atoms. The molecule has 0 bridgehead atoms. The van der Waals surface area contributed by atoms with Gasteiger partial charge in [0.15, 0.2) is 12.6 Å². The molecule has 0 radical (unpaired) electrons. The fourth-order valence-electron chi connectivity index (χ4n) is 5.49. The van der Waals surface area contributed by atoms with Gasteiger partial charge in [-0.25, -0.2) is 0 Å². The van der Waals surface area contributed by atoms with Gasteiger partial charge in [-0.2, -0.15) is 0 Å². The number of nitrogens with one attached hydrogen (secondary N) is 1. The van der Waals surface area contributed by atoms with Crippen molar-refractivity contribution in [1.82, 2.24) is 4.98 Å². The summed E-state index contributed by atoms with van der Waals surface area (Å²) >= 11 is 9.72. The first-order valence-electron chi connectivity index (χ1n) is 13.9. The molecule has 17 nitrogen and oxygen atoms in total. The van der Waals surface area contributed by atoms with Crippen molar-refractivity contribution < 1.29 is 79.5 Å². The summed E-state index contributed by atoms with van der Waals surface area (Å²) in [5.41, 5.74) is 0.609. The number of aromatic amines is 1. The van der Waals surface area contributed by atoms with Crippen LogP contribution < -0.4 is 4.74 Å². The highest BCUT2D eigenvalue weighted by atomic mass is 79.9. The highest BCUT2D eigenvalue weighted by Gasteiger charge is 2.53. The summed E-state index contributed by atoms with van der Waals surface area (Å²) in [6, 6.07) is 3.45. The van der Waals surface area contributed by atoms with E-state index in [-0.39, 0.29) is 5.75 Å². The number of hydrogen-bond donors (Lipinski definition) is 11. The van der Waals surface area contributed by atoms with Crippen LogP contribution >= 0.6 is 27.5 Å². The Bertz CT molecular complexity index is 1290. The molecule has 45 heavy (non-hydrogen) atoms. The van der Waals surface area contributed by atoms with Gasteiger partial charge in [0.25, 0.3) is 0 Å². The molecular weight excluding hydrogens is 698 g/mol. The third kappa shape index (κ3) is 6.72. The van der Waals surface area contributed by atoms with E-state index < -0.39 is 112 Å². The van der Waals surface area contributed by atoms with Gasteiger partial charge in [-0.05, 0) is 28.1 Å². The summed E-state index contributed by atoms with van der Waals surface area (Å²) in [6.07, 6.45) is -23.6. The zero-order chi connectivity index (χ0) is 32.7. The zero-order valence-electron chi connectivity index (χ0n) is 23.2.